The van der Waals surface area contributed by atoms with Crippen molar-refractivity contribution in [3.8, 4) is 0 Å². The molecule has 0 spiro atoms. The highest BCUT2D eigenvalue weighted by atomic mass is 32.2. The average molecular weight is 278 g/mol. The number of thioether (sulfide) groups is 1. The topological polar surface area (TPSA) is 15.3 Å². The molecule has 0 radical (unpaired) electrons. The Balaban J connectivity index is 1.80. The van der Waals surface area contributed by atoms with E-state index in [9.17, 15) is 0 Å². The van der Waals surface area contributed by atoms with Gasteiger partial charge in [-0.3, -0.25) is 0 Å². The van der Waals surface area contributed by atoms with Crippen molar-refractivity contribution in [2.45, 2.75) is 26.8 Å². The van der Waals surface area contributed by atoms with Crippen molar-refractivity contribution in [1.29, 1.82) is 0 Å². The number of nitrogens with zero attached hydrogens (tertiary/aromatic N) is 1. The van der Waals surface area contributed by atoms with Gasteiger partial charge in [0, 0.05) is 43.7 Å². The molecule has 0 aromatic heterocycles. The monoisotopic (exact) mass is 278 g/mol. The lowest BCUT2D eigenvalue weighted by molar-refractivity contribution is 0.296. The minimum absolute atomic E-state index is 0.444. The predicted octanol–water partition coefficient (Wildman–Crippen LogP) is 3.00. The molecule has 1 N–H and O–H groups in total. The number of rotatable bonds is 5. The van der Waals surface area contributed by atoms with Gasteiger partial charge in [0.25, 0.3) is 0 Å². The Kier molecular flexibility index (Phi) is 5.74. The summed E-state index contributed by atoms with van der Waals surface area (Å²) in [6.07, 6.45) is 0. The Morgan fingerprint density at radius 3 is 2.74 bits per heavy atom. The summed E-state index contributed by atoms with van der Waals surface area (Å²) < 4.78 is 0. The third-order valence-electron chi connectivity index (χ3n) is 3.88. The second-order valence-corrected chi connectivity index (χ2v) is 6.71. The van der Waals surface area contributed by atoms with Crippen LogP contribution in [0.25, 0.3) is 0 Å². The van der Waals surface area contributed by atoms with E-state index in [2.05, 4.69) is 60.9 Å². The summed E-state index contributed by atoms with van der Waals surface area (Å²) in [6, 6.07) is 7.17. The van der Waals surface area contributed by atoms with Crippen molar-refractivity contribution in [1.82, 2.24) is 10.2 Å². The molecule has 0 aliphatic carbocycles. The zero-order chi connectivity index (χ0) is 13.7. The number of benzene rings is 1. The summed E-state index contributed by atoms with van der Waals surface area (Å²) in [5.74, 6) is 2.60. The minimum Gasteiger partial charge on any atom is -0.309 e. The van der Waals surface area contributed by atoms with Crippen molar-refractivity contribution < 1.29 is 0 Å². The van der Waals surface area contributed by atoms with Crippen LogP contribution in [0, 0.1) is 13.8 Å². The van der Waals surface area contributed by atoms with Crippen LogP contribution in [0.15, 0.2) is 18.2 Å². The molecule has 1 aliphatic heterocycles. The quantitative estimate of drug-likeness (QED) is 0.891. The molecule has 2 rings (SSSR count). The highest BCUT2D eigenvalue weighted by molar-refractivity contribution is 7.99. The molecule has 1 fully saturated rings. The first-order valence-corrected chi connectivity index (χ1v) is 8.43. The molecule has 1 aromatic rings. The molecule has 19 heavy (non-hydrogen) atoms. The van der Waals surface area contributed by atoms with Crippen LogP contribution in [0.5, 0.6) is 0 Å². The molecular weight excluding hydrogens is 252 g/mol. The Hall–Kier alpha value is -0.510. The Bertz CT molecular complexity index is 400. The van der Waals surface area contributed by atoms with E-state index in [1.54, 1.807) is 0 Å². The van der Waals surface area contributed by atoms with Gasteiger partial charge in [0.15, 0.2) is 0 Å². The lowest BCUT2D eigenvalue weighted by Crippen LogP contribution is -2.38. The number of nitrogens with one attached hydrogen (secondary N) is 1. The van der Waals surface area contributed by atoms with E-state index in [1.807, 2.05) is 0 Å². The first-order chi connectivity index (χ1) is 9.16. The summed E-state index contributed by atoms with van der Waals surface area (Å²) in [5.41, 5.74) is 4.18. The van der Waals surface area contributed by atoms with Crippen molar-refractivity contribution in [3.63, 3.8) is 0 Å². The molecule has 1 atom stereocenters. The van der Waals surface area contributed by atoms with Crippen molar-refractivity contribution in [3.05, 3.63) is 34.9 Å². The van der Waals surface area contributed by atoms with E-state index in [-0.39, 0.29) is 0 Å². The van der Waals surface area contributed by atoms with Gasteiger partial charge in [0.05, 0.1) is 0 Å². The number of hydrogen-bond acceptors (Lipinski definition) is 3. The van der Waals surface area contributed by atoms with Gasteiger partial charge < -0.3 is 10.2 Å². The first-order valence-electron chi connectivity index (χ1n) is 7.27. The maximum Gasteiger partial charge on any atom is 0.0295 e. The summed E-state index contributed by atoms with van der Waals surface area (Å²) >= 11 is 2.08. The van der Waals surface area contributed by atoms with Gasteiger partial charge in [0.1, 0.15) is 0 Å². The van der Waals surface area contributed by atoms with Crippen LogP contribution in [0.1, 0.15) is 29.7 Å². The van der Waals surface area contributed by atoms with Crippen LogP contribution in [-0.4, -0.2) is 42.6 Å². The summed E-state index contributed by atoms with van der Waals surface area (Å²) in [7, 11) is 0. The molecule has 0 amide bonds. The van der Waals surface area contributed by atoms with Crippen LogP contribution in [0.3, 0.4) is 0 Å². The summed E-state index contributed by atoms with van der Waals surface area (Å²) in [5, 5.41) is 3.67. The van der Waals surface area contributed by atoms with E-state index >= 15 is 0 Å². The van der Waals surface area contributed by atoms with Gasteiger partial charge in [-0.2, -0.15) is 11.8 Å². The van der Waals surface area contributed by atoms with Gasteiger partial charge in [-0.1, -0.05) is 23.8 Å². The fourth-order valence-electron chi connectivity index (χ4n) is 2.60. The van der Waals surface area contributed by atoms with Crippen LogP contribution in [0.4, 0.5) is 0 Å². The van der Waals surface area contributed by atoms with Crippen LogP contribution in [0.2, 0.25) is 0 Å². The zero-order valence-corrected chi connectivity index (χ0v) is 13.2. The molecule has 1 aromatic carbocycles. The predicted molar refractivity (Wildman–Crippen MR) is 86.1 cm³/mol. The molecule has 1 unspecified atom stereocenters. The standard InChI is InChI=1S/C16H26N2S/c1-13-4-5-14(2)16(12-13)15(3)17-6-7-18-8-10-19-11-9-18/h4-5,12,15,17H,6-11H2,1-3H3. The van der Waals surface area contributed by atoms with Gasteiger partial charge in [-0.05, 0) is 31.9 Å². The van der Waals surface area contributed by atoms with Gasteiger partial charge in [0.2, 0.25) is 0 Å². The number of hydrogen-bond donors (Lipinski definition) is 1. The normalized spacial score (nSPS) is 18.5. The summed E-state index contributed by atoms with van der Waals surface area (Å²) in [4.78, 5) is 2.57. The lowest BCUT2D eigenvalue weighted by Gasteiger charge is -2.27. The molecule has 0 saturated carbocycles. The minimum atomic E-state index is 0.444. The molecule has 1 saturated heterocycles. The second kappa shape index (κ2) is 7.32. The molecule has 106 valence electrons. The smallest absolute Gasteiger partial charge is 0.0295 e. The third-order valence-corrected chi connectivity index (χ3v) is 4.83. The fraction of sp³-hybridized carbons (Fsp3) is 0.625. The molecular formula is C16H26N2S. The van der Waals surface area contributed by atoms with Gasteiger partial charge >= 0.3 is 0 Å². The fourth-order valence-corrected chi connectivity index (χ4v) is 3.58. The highest BCUT2D eigenvalue weighted by Gasteiger charge is 2.11. The Labute approximate surface area is 122 Å². The van der Waals surface area contributed by atoms with Crippen molar-refractivity contribution in [2.24, 2.45) is 0 Å². The number of aryl methyl sites for hydroxylation is 2. The average Bonchev–Trinajstić information content (AvgIpc) is 2.42. The maximum atomic E-state index is 3.67. The van der Waals surface area contributed by atoms with Gasteiger partial charge in [-0.15, -0.1) is 0 Å². The SMILES string of the molecule is Cc1ccc(C)c(C(C)NCCN2CCSCC2)c1. The van der Waals surface area contributed by atoms with Crippen LogP contribution in [-0.2, 0) is 0 Å². The first kappa shape index (κ1) is 14.9. The Morgan fingerprint density at radius 2 is 2.00 bits per heavy atom. The Morgan fingerprint density at radius 1 is 1.26 bits per heavy atom. The second-order valence-electron chi connectivity index (χ2n) is 5.49. The van der Waals surface area contributed by atoms with E-state index in [4.69, 9.17) is 0 Å². The van der Waals surface area contributed by atoms with Gasteiger partial charge in [-0.25, -0.2) is 0 Å². The molecule has 1 aliphatic rings. The highest BCUT2D eigenvalue weighted by Crippen LogP contribution is 2.18. The van der Waals surface area contributed by atoms with Crippen LogP contribution < -0.4 is 5.32 Å². The van der Waals surface area contributed by atoms with E-state index in [0.717, 1.165) is 6.54 Å². The van der Waals surface area contributed by atoms with Crippen molar-refractivity contribution in [2.75, 3.05) is 37.7 Å². The van der Waals surface area contributed by atoms with E-state index in [1.165, 1.54) is 47.8 Å². The van der Waals surface area contributed by atoms with Crippen LogP contribution >= 0.6 is 11.8 Å². The molecule has 0 bridgehead atoms. The molecule has 1 heterocycles. The molecule has 2 nitrogen and oxygen atoms in total. The largest absolute Gasteiger partial charge is 0.309 e. The van der Waals surface area contributed by atoms with Crippen molar-refractivity contribution >= 4 is 11.8 Å². The lowest BCUT2D eigenvalue weighted by atomic mass is 10.00. The third kappa shape index (κ3) is 4.51. The summed E-state index contributed by atoms with van der Waals surface area (Å²) in [6.45, 7) is 11.4. The molecule has 3 heteroatoms. The maximum absolute atomic E-state index is 3.67. The zero-order valence-electron chi connectivity index (χ0n) is 12.4. The van der Waals surface area contributed by atoms with E-state index in [0.29, 0.717) is 6.04 Å². The van der Waals surface area contributed by atoms with E-state index < -0.39 is 0 Å².